The molecule has 0 aliphatic carbocycles. The fraction of sp³-hybridized carbons (Fsp3) is 0.263. The molecule has 1 aromatic carbocycles. The third-order valence-corrected chi connectivity index (χ3v) is 4.15. The number of esters is 1. The minimum absolute atomic E-state index is 0.0510. The van der Waals surface area contributed by atoms with Crippen molar-refractivity contribution in [1.82, 2.24) is 4.98 Å². The minimum atomic E-state index is -0.507. The van der Waals surface area contributed by atoms with Crippen LogP contribution < -0.4 is 0 Å². The number of methoxy groups -OCH3 is 1. The number of hydrogen-bond donors (Lipinski definition) is 0. The van der Waals surface area contributed by atoms with Crippen LogP contribution in [0, 0.1) is 11.3 Å². The Morgan fingerprint density at radius 3 is 2.48 bits per heavy atom. The van der Waals surface area contributed by atoms with Gasteiger partial charge in [-0.3, -0.25) is 9.59 Å². The molecule has 0 amide bonds. The average molecular weight is 357 g/mol. The number of nitrogens with zero attached hydrogens (tertiary/aromatic N) is 2. The van der Waals surface area contributed by atoms with E-state index in [-0.39, 0.29) is 22.5 Å². The molecule has 0 fully saturated rings. The molecular weight excluding hydrogens is 340 g/mol. The first-order valence-corrected chi connectivity index (χ1v) is 8.05. The first-order valence-electron chi connectivity index (χ1n) is 7.68. The van der Waals surface area contributed by atoms with E-state index in [1.54, 1.807) is 6.07 Å². The number of ether oxygens (including phenoxy) is 1. The molecule has 0 saturated carbocycles. The Morgan fingerprint density at radius 2 is 1.96 bits per heavy atom. The number of aromatic nitrogens is 1. The summed E-state index contributed by atoms with van der Waals surface area (Å²) in [5.74, 6) is -0.818. The van der Waals surface area contributed by atoms with Gasteiger partial charge in [0.2, 0.25) is 0 Å². The van der Waals surface area contributed by atoms with Crippen molar-refractivity contribution >= 4 is 23.4 Å². The second-order valence-electron chi connectivity index (χ2n) is 5.57. The average Bonchev–Trinajstić information content (AvgIpc) is 2.60. The Labute approximate surface area is 151 Å². The van der Waals surface area contributed by atoms with Crippen molar-refractivity contribution in [2.75, 3.05) is 7.11 Å². The molecule has 25 heavy (non-hydrogen) atoms. The summed E-state index contributed by atoms with van der Waals surface area (Å²) in [4.78, 5) is 27.4. The minimum Gasteiger partial charge on any atom is -0.469 e. The van der Waals surface area contributed by atoms with Crippen LogP contribution in [0.2, 0.25) is 5.02 Å². The Morgan fingerprint density at radius 1 is 1.28 bits per heavy atom. The van der Waals surface area contributed by atoms with Crippen LogP contribution in [0.5, 0.6) is 0 Å². The van der Waals surface area contributed by atoms with Crippen LogP contribution in [0.3, 0.4) is 0 Å². The molecule has 0 saturated heterocycles. The zero-order chi connectivity index (χ0) is 18.4. The lowest BCUT2D eigenvalue weighted by molar-refractivity contribution is -0.140. The van der Waals surface area contributed by atoms with Crippen molar-refractivity contribution in [1.29, 1.82) is 5.26 Å². The molecule has 5 nitrogen and oxygen atoms in total. The number of halogens is 1. The highest BCUT2D eigenvalue weighted by molar-refractivity contribution is 6.31. The van der Waals surface area contributed by atoms with Crippen LogP contribution in [0.4, 0.5) is 0 Å². The standard InChI is InChI=1S/C19H17ClN2O3/c1-12(23)19(15-9-16(20)17(10-21)22-11-15)14-6-3-13(4-7-14)5-8-18(24)25-2/h3-4,6-7,9,11,19H,5,8H2,1-2H3. The smallest absolute Gasteiger partial charge is 0.305 e. The number of carbonyl (C=O) groups excluding carboxylic acids is 2. The molecule has 1 aromatic heterocycles. The topological polar surface area (TPSA) is 80.1 Å². The fourth-order valence-corrected chi connectivity index (χ4v) is 2.80. The predicted molar refractivity (Wildman–Crippen MR) is 93.3 cm³/mol. The third kappa shape index (κ3) is 4.65. The zero-order valence-electron chi connectivity index (χ0n) is 14.0. The molecule has 0 aliphatic heterocycles. The van der Waals surface area contributed by atoms with Crippen molar-refractivity contribution in [2.45, 2.75) is 25.7 Å². The second-order valence-corrected chi connectivity index (χ2v) is 5.98. The summed E-state index contributed by atoms with van der Waals surface area (Å²) >= 11 is 6.04. The van der Waals surface area contributed by atoms with Crippen molar-refractivity contribution in [3.63, 3.8) is 0 Å². The summed E-state index contributed by atoms with van der Waals surface area (Å²) in [6, 6.07) is 11.0. The Balaban J connectivity index is 2.26. The number of aryl methyl sites for hydroxylation is 1. The van der Waals surface area contributed by atoms with Crippen molar-refractivity contribution in [3.05, 3.63) is 63.9 Å². The summed E-state index contributed by atoms with van der Waals surface area (Å²) in [7, 11) is 1.36. The van der Waals surface area contributed by atoms with E-state index in [2.05, 4.69) is 9.72 Å². The van der Waals surface area contributed by atoms with Crippen LogP contribution in [0.25, 0.3) is 0 Å². The second kappa shape index (κ2) is 8.41. The summed E-state index contributed by atoms with van der Waals surface area (Å²) in [5.41, 5.74) is 2.55. The van der Waals surface area contributed by atoms with Crippen LogP contribution in [0.1, 0.15) is 41.6 Å². The Hall–Kier alpha value is -2.71. The van der Waals surface area contributed by atoms with Gasteiger partial charge in [-0.2, -0.15) is 5.26 Å². The van der Waals surface area contributed by atoms with E-state index in [1.807, 2.05) is 30.3 Å². The van der Waals surface area contributed by atoms with E-state index in [9.17, 15) is 9.59 Å². The van der Waals surface area contributed by atoms with Crippen molar-refractivity contribution in [3.8, 4) is 6.07 Å². The molecule has 1 unspecified atom stereocenters. The highest BCUT2D eigenvalue weighted by Gasteiger charge is 2.21. The van der Waals surface area contributed by atoms with E-state index < -0.39 is 5.92 Å². The largest absolute Gasteiger partial charge is 0.469 e. The first-order chi connectivity index (χ1) is 12.0. The number of ketones is 1. The Bertz CT molecular complexity index is 826. The van der Waals surface area contributed by atoms with Gasteiger partial charge in [-0.15, -0.1) is 0 Å². The molecule has 0 bridgehead atoms. The lowest BCUT2D eigenvalue weighted by atomic mass is 9.88. The van der Waals surface area contributed by atoms with E-state index in [4.69, 9.17) is 16.9 Å². The number of hydrogen-bond acceptors (Lipinski definition) is 5. The molecule has 1 heterocycles. The molecule has 0 spiro atoms. The van der Waals surface area contributed by atoms with Crippen LogP contribution in [0.15, 0.2) is 36.5 Å². The number of pyridine rings is 1. The number of Topliss-reactive ketones (excluding diaryl/α,β-unsaturated/α-hetero) is 1. The molecular formula is C19H17ClN2O3. The van der Waals surface area contributed by atoms with Gasteiger partial charge in [0.15, 0.2) is 5.69 Å². The number of rotatable bonds is 6. The lowest BCUT2D eigenvalue weighted by Gasteiger charge is -2.15. The molecule has 2 rings (SSSR count). The van der Waals surface area contributed by atoms with E-state index in [0.29, 0.717) is 18.4 Å². The van der Waals surface area contributed by atoms with Crippen LogP contribution in [-0.2, 0) is 20.7 Å². The van der Waals surface area contributed by atoms with Gasteiger partial charge >= 0.3 is 5.97 Å². The Kier molecular flexibility index (Phi) is 6.26. The molecule has 0 N–H and O–H groups in total. The van der Waals surface area contributed by atoms with E-state index in [1.165, 1.54) is 20.2 Å². The normalized spacial score (nSPS) is 11.4. The number of nitriles is 1. The zero-order valence-corrected chi connectivity index (χ0v) is 14.7. The van der Waals surface area contributed by atoms with E-state index >= 15 is 0 Å². The maximum Gasteiger partial charge on any atom is 0.305 e. The molecule has 1 atom stereocenters. The maximum atomic E-state index is 12.2. The van der Waals surface area contributed by atoms with Gasteiger partial charge in [-0.05, 0) is 36.1 Å². The van der Waals surface area contributed by atoms with Crippen molar-refractivity contribution in [2.24, 2.45) is 0 Å². The predicted octanol–water partition coefficient (Wildman–Crippen LogP) is 3.43. The first kappa shape index (κ1) is 18.6. The molecule has 0 radical (unpaired) electrons. The third-order valence-electron chi connectivity index (χ3n) is 3.87. The van der Waals surface area contributed by atoms with Crippen LogP contribution >= 0.6 is 11.6 Å². The van der Waals surface area contributed by atoms with Gasteiger partial charge in [-0.1, -0.05) is 35.9 Å². The monoisotopic (exact) mass is 356 g/mol. The highest BCUT2D eigenvalue weighted by atomic mass is 35.5. The van der Waals surface area contributed by atoms with Crippen molar-refractivity contribution < 1.29 is 14.3 Å². The van der Waals surface area contributed by atoms with Gasteiger partial charge in [0.25, 0.3) is 0 Å². The number of carbonyl (C=O) groups is 2. The summed E-state index contributed by atoms with van der Waals surface area (Å²) < 4.78 is 4.63. The quantitative estimate of drug-likeness (QED) is 0.741. The summed E-state index contributed by atoms with van der Waals surface area (Å²) in [6.45, 7) is 1.50. The van der Waals surface area contributed by atoms with Gasteiger partial charge in [0.05, 0.1) is 18.1 Å². The van der Waals surface area contributed by atoms with E-state index in [0.717, 1.165) is 11.1 Å². The highest BCUT2D eigenvalue weighted by Crippen LogP contribution is 2.28. The molecule has 128 valence electrons. The lowest BCUT2D eigenvalue weighted by Crippen LogP contribution is -2.11. The van der Waals surface area contributed by atoms with Crippen LogP contribution in [-0.4, -0.2) is 23.8 Å². The van der Waals surface area contributed by atoms with Gasteiger partial charge in [0, 0.05) is 12.6 Å². The summed E-state index contributed by atoms with van der Waals surface area (Å²) in [6.07, 6.45) is 2.38. The molecule has 2 aromatic rings. The fourth-order valence-electron chi connectivity index (χ4n) is 2.58. The summed E-state index contributed by atoms with van der Waals surface area (Å²) in [5, 5.41) is 9.14. The van der Waals surface area contributed by atoms with Gasteiger partial charge in [0.1, 0.15) is 11.9 Å². The van der Waals surface area contributed by atoms with Gasteiger partial charge in [-0.25, -0.2) is 4.98 Å². The van der Waals surface area contributed by atoms with Gasteiger partial charge < -0.3 is 4.74 Å². The molecule has 0 aliphatic rings. The SMILES string of the molecule is COC(=O)CCc1ccc(C(C(C)=O)c2cnc(C#N)c(Cl)c2)cc1. The maximum absolute atomic E-state index is 12.2. The molecule has 6 heteroatoms. The number of benzene rings is 1.